The number of nitrogens with zero attached hydrogens (tertiary/aromatic N) is 1. The van der Waals surface area contributed by atoms with Gasteiger partial charge in [-0.15, -0.1) is 0 Å². The first-order valence-electron chi connectivity index (χ1n) is 4.22. The molecule has 0 saturated heterocycles. The molecule has 0 amide bonds. The first kappa shape index (κ1) is 12.8. The lowest BCUT2D eigenvalue weighted by Crippen LogP contribution is -2.11. The van der Waals surface area contributed by atoms with Crippen LogP contribution in [0.5, 0.6) is 5.75 Å². The first-order chi connectivity index (χ1) is 7.93. The highest BCUT2D eigenvalue weighted by Crippen LogP contribution is 2.31. The molecule has 0 bridgehead atoms. The average Bonchev–Trinajstić information content (AvgIpc) is 2.28. The van der Waals surface area contributed by atoms with Crippen LogP contribution in [0.25, 0.3) is 0 Å². The van der Waals surface area contributed by atoms with Crippen molar-refractivity contribution in [2.24, 2.45) is 0 Å². The lowest BCUT2D eigenvalue weighted by Gasteiger charge is -2.07. The van der Waals surface area contributed by atoms with Crippen LogP contribution in [-0.4, -0.2) is 25.1 Å². The molecular weight excluding hydrogens is 240 g/mol. The van der Waals surface area contributed by atoms with E-state index in [1.165, 1.54) is 0 Å². The molecule has 1 aromatic rings. The van der Waals surface area contributed by atoms with Gasteiger partial charge in [-0.2, -0.15) is 4.39 Å². The van der Waals surface area contributed by atoms with Crippen LogP contribution in [0.1, 0.15) is 10.4 Å². The number of hydrogen-bond acceptors (Lipinski definition) is 5. The predicted octanol–water partition coefficient (Wildman–Crippen LogP) is 1.67. The minimum absolute atomic E-state index is 0.553. The Morgan fingerprint density at radius 1 is 1.35 bits per heavy atom. The quantitative estimate of drug-likeness (QED) is 0.461. The number of esters is 1. The molecule has 0 aliphatic rings. The van der Waals surface area contributed by atoms with Crippen molar-refractivity contribution in [2.75, 3.05) is 14.2 Å². The lowest BCUT2D eigenvalue weighted by molar-refractivity contribution is -0.387. The SMILES string of the molecule is COC(=O)c1c(F)c(OC)cc([N+](=O)[O-])c1F. The zero-order chi connectivity index (χ0) is 13.2. The topological polar surface area (TPSA) is 78.7 Å². The maximum absolute atomic E-state index is 13.5. The van der Waals surface area contributed by atoms with E-state index in [4.69, 9.17) is 0 Å². The van der Waals surface area contributed by atoms with E-state index in [1.807, 2.05) is 0 Å². The molecule has 0 radical (unpaired) electrons. The summed E-state index contributed by atoms with van der Waals surface area (Å²) in [6.45, 7) is 0. The van der Waals surface area contributed by atoms with Crippen LogP contribution in [0.15, 0.2) is 6.07 Å². The molecule has 0 atom stereocenters. The van der Waals surface area contributed by atoms with Crippen LogP contribution in [-0.2, 0) is 4.74 Å². The number of carbonyl (C=O) groups excluding carboxylic acids is 1. The number of halogens is 2. The molecule has 0 saturated carbocycles. The van der Waals surface area contributed by atoms with Crippen molar-refractivity contribution in [2.45, 2.75) is 0 Å². The molecule has 0 heterocycles. The predicted molar refractivity (Wildman–Crippen MR) is 50.9 cm³/mol. The normalized spacial score (nSPS) is 9.88. The molecule has 0 unspecified atom stereocenters. The third kappa shape index (κ3) is 2.14. The summed E-state index contributed by atoms with van der Waals surface area (Å²) < 4.78 is 35.6. The standard InChI is InChI=1S/C9H7F2NO5/c1-16-5-3-4(12(14)15)7(10)6(8(5)11)9(13)17-2/h3H,1-2H3. The largest absolute Gasteiger partial charge is 0.493 e. The summed E-state index contributed by atoms with van der Waals surface area (Å²) >= 11 is 0. The van der Waals surface area contributed by atoms with E-state index in [-0.39, 0.29) is 0 Å². The third-order valence-corrected chi connectivity index (χ3v) is 1.95. The second-order valence-electron chi connectivity index (χ2n) is 2.85. The van der Waals surface area contributed by atoms with Crippen LogP contribution in [0.3, 0.4) is 0 Å². The van der Waals surface area contributed by atoms with E-state index >= 15 is 0 Å². The number of rotatable bonds is 3. The van der Waals surface area contributed by atoms with Crippen molar-refractivity contribution in [3.05, 3.63) is 33.4 Å². The molecule has 0 N–H and O–H groups in total. The van der Waals surface area contributed by atoms with Gasteiger partial charge in [0, 0.05) is 0 Å². The van der Waals surface area contributed by atoms with E-state index in [9.17, 15) is 23.7 Å². The van der Waals surface area contributed by atoms with E-state index in [2.05, 4.69) is 9.47 Å². The van der Waals surface area contributed by atoms with Crippen molar-refractivity contribution in [1.29, 1.82) is 0 Å². The number of benzene rings is 1. The highest BCUT2D eigenvalue weighted by Gasteiger charge is 2.30. The third-order valence-electron chi connectivity index (χ3n) is 1.95. The monoisotopic (exact) mass is 247 g/mol. The van der Waals surface area contributed by atoms with E-state index in [0.29, 0.717) is 6.07 Å². The molecule has 1 aromatic carbocycles. The van der Waals surface area contributed by atoms with Gasteiger partial charge in [0.15, 0.2) is 11.6 Å². The molecule has 0 aliphatic carbocycles. The Morgan fingerprint density at radius 3 is 2.35 bits per heavy atom. The fourth-order valence-corrected chi connectivity index (χ4v) is 1.16. The van der Waals surface area contributed by atoms with Gasteiger partial charge in [-0.25, -0.2) is 9.18 Å². The van der Waals surface area contributed by atoms with Gasteiger partial charge in [0.1, 0.15) is 5.56 Å². The summed E-state index contributed by atoms with van der Waals surface area (Å²) in [6, 6.07) is 0.553. The molecule has 8 heteroatoms. The van der Waals surface area contributed by atoms with Gasteiger partial charge in [0.05, 0.1) is 25.2 Å². The highest BCUT2D eigenvalue weighted by atomic mass is 19.1. The van der Waals surface area contributed by atoms with E-state index < -0.39 is 39.5 Å². The van der Waals surface area contributed by atoms with Gasteiger partial charge in [0.2, 0.25) is 5.82 Å². The Morgan fingerprint density at radius 2 is 1.94 bits per heavy atom. The smallest absolute Gasteiger partial charge is 0.344 e. The Bertz CT molecular complexity index is 489. The zero-order valence-electron chi connectivity index (χ0n) is 8.82. The van der Waals surface area contributed by atoms with E-state index in [1.54, 1.807) is 0 Å². The number of nitro groups is 1. The number of carbonyl (C=O) groups is 1. The van der Waals surface area contributed by atoms with Crippen molar-refractivity contribution in [1.82, 2.24) is 0 Å². The van der Waals surface area contributed by atoms with Crippen LogP contribution in [0, 0.1) is 21.7 Å². The van der Waals surface area contributed by atoms with Crippen LogP contribution >= 0.6 is 0 Å². The summed E-state index contributed by atoms with van der Waals surface area (Å²) in [5, 5.41) is 10.5. The summed E-state index contributed by atoms with van der Waals surface area (Å²) in [4.78, 5) is 20.5. The van der Waals surface area contributed by atoms with Crippen molar-refractivity contribution >= 4 is 11.7 Å². The van der Waals surface area contributed by atoms with Crippen LogP contribution < -0.4 is 4.74 Å². The Labute approximate surface area is 93.9 Å². The number of nitro benzene ring substituents is 1. The van der Waals surface area contributed by atoms with Gasteiger partial charge in [-0.05, 0) is 0 Å². The maximum atomic E-state index is 13.5. The van der Waals surface area contributed by atoms with Crippen LogP contribution in [0.4, 0.5) is 14.5 Å². The Balaban J connectivity index is 3.61. The lowest BCUT2D eigenvalue weighted by atomic mass is 10.1. The van der Waals surface area contributed by atoms with Gasteiger partial charge < -0.3 is 9.47 Å². The van der Waals surface area contributed by atoms with Gasteiger partial charge in [-0.3, -0.25) is 10.1 Å². The molecular formula is C9H7F2NO5. The molecule has 0 aromatic heterocycles. The second kappa shape index (κ2) is 4.73. The molecule has 92 valence electrons. The van der Waals surface area contributed by atoms with Crippen molar-refractivity contribution in [3.63, 3.8) is 0 Å². The molecule has 0 aliphatic heterocycles. The maximum Gasteiger partial charge on any atom is 0.344 e. The van der Waals surface area contributed by atoms with Gasteiger partial charge >= 0.3 is 11.7 Å². The first-order valence-corrected chi connectivity index (χ1v) is 4.22. The highest BCUT2D eigenvalue weighted by molar-refractivity contribution is 5.91. The number of methoxy groups -OCH3 is 2. The minimum Gasteiger partial charge on any atom is -0.493 e. The summed E-state index contributed by atoms with van der Waals surface area (Å²) in [6.07, 6.45) is 0. The Hall–Kier alpha value is -2.25. The summed E-state index contributed by atoms with van der Waals surface area (Å²) in [5.74, 6) is -4.91. The average molecular weight is 247 g/mol. The summed E-state index contributed by atoms with van der Waals surface area (Å²) in [5.41, 5.74) is -2.22. The van der Waals surface area contributed by atoms with Crippen molar-refractivity contribution in [3.8, 4) is 5.75 Å². The second-order valence-corrected chi connectivity index (χ2v) is 2.85. The van der Waals surface area contributed by atoms with Crippen LogP contribution in [0.2, 0.25) is 0 Å². The van der Waals surface area contributed by atoms with Crippen molar-refractivity contribution < 1.29 is 28.0 Å². The fraction of sp³-hybridized carbons (Fsp3) is 0.222. The number of hydrogen-bond donors (Lipinski definition) is 0. The summed E-state index contributed by atoms with van der Waals surface area (Å²) in [7, 11) is 1.92. The fourth-order valence-electron chi connectivity index (χ4n) is 1.16. The van der Waals surface area contributed by atoms with Gasteiger partial charge in [0.25, 0.3) is 0 Å². The molecule has 0 fully saturated rings. The molecule has 17 heavy (non-hydrogen) atoms. The number of ether oxygens (including phenoxy) is 2. The molecule has 0 spiro atoms. The molecule has 6 nitrogen and oxygen atoms in total. The molecule has 1 rings (SSSR count). The zero-order valence-corrected chi connectivity index (χ0v) is 8.82. The van der Waals surface area contributed by atoms with E-state index in [0.717, 1.165) is 14.2 Å². The Kier molecular flexibility index (Phi) is 3.56. The van der Waals surface area contributed by atoms with Gasteiger partial charge in [-0.1, -0.05) is 0 Å². The minimum atomic E-state index is -1.60.